The Balaban J connectivity index is 2.56. The Hall–Kier alpha value is 0.610. The fraction of sp³-hybridized carbons (Fsp3) is 1.00. The zero-order valence-electron chi connectivity index (χ0n) is 9.18. The van der Waals surface area contributed by atoms with Gasteiger partial charge in [-0.25, -0.2) is 0 Å². The van der Waals surface area contributed by atoms with Crippen molar-refractivity contribution in [2.24, 2.45) is 0 Å². The Kier molecular flexibility index (Phi) is 5.69. The quantitative estimate of drug-likeness (QED) is 0.435. The summed E-state index contributed by atoms with van der Waals surface area (Å²) in [5, 5.41) is -1.90. The number of hydrogen-bond donors (Lipinski definition) is 4. The second-order valence-electron chi connectivity index (χ2n) is 3.94. The van der Waals surface area contributed by atoms with E-state index in [1.54, 1.807) is 0 Å². The molecule has 0 saturated carbocycles. The van der Waals surface area contributed by atoms with Crippen LogP contribution in [0.1, 0.15) is 19.3 Å². The molecule has 0 amide bonds. The summed E-state index contributed by atoms with van der Waals surface area (Å²) in [6.45, 7) is 1.58. The second-order valence-corrected chi connectivity index (χ2v) is 9.06. The van der Waals surface area contributed by atoms with Crippen LogP contribution in [0.3, 0.4) is 0 Å². The van der Waals surface area contributed by atoms with Crippen LogP contribution in [0, 0.1) is 0 Å². The van der Waals surface area contributed by atoms with Crippen molar-refractivity contribution in [2.45, 2.75) is 24.7 Å². The summed E-state index contributed by atoms with van der Waals surface area (Å²) in [7, 11) is -9.55. The molecule has 0 aromatic carbocycles. The zero-order chi connectivity index (χ0) is 13.1. The number of rotatable bonds is 5. The maximum absolute atomic E-state index is 11.0. The van der Waals surface area contributed by atoms with E-state index in [4.69, 9.17) is 19.6 Å². The minimum Gasteiger partial charge on any atom is -0.324 e. The van der Waals surface area contributed by atoms with Gasteiger partial charge in [0.05, 0.1) is 0 Å². The molecule has 0 aromatic rings. The smallest absolute Gasteiger partial charge is 0.324 e. The minimum absolute atomic E-state index is 0.255. The van der Waals surface area contributed by atoms with Gasteiger partial charge >= 0.3 is 15.2 Å². The van der Waals surface area contributed by atoms with Crippen molar-refractivity contribution in [3.63, 3.8) is 0 Å². The Labute approximate surface area is 104 Å². The Morgan fingerprint density at radius 1 is 1.00 bits per heavy atom. The highest BCUT2D eigenvalue weighted by atomic mass is 32.2. The summed E-state index contributed by atoms with van der Waals surface area (Å²) in [4.78, 5) is 35.7. The molecule has 0 aromatic heterocycles. The highest BCUT2D eigenvalue weighted by molar-refractivity contribution is 7.97. The summed E-state index contributed by atoms with van der Waals surface area (Å²) in [5.41, 5.74) is 0. The molecule has 1 fully saturated rings. The van der Waals surface area contributed by atoms with Gasteiger partial charge in [0.25, 0.3) is 0 Å². The van der Waals surface area contributed by atoms with Crippen LogP contribution in [0.2, 0.25) is 0 Å². The molecule has 17 heavy (non-hydrogen) atoms. The summed E-state index contributed by atoms with van der Waals surface area (Å²) in [6.07, 6.45) is 3.13. The van der Waals surface area contributed by atoms with Gasteiger partial charge in [0.2, 0.25) is 0 Å². The van der Waals surface area contributed by atoms with Crippen LogP contribution >= 0.6 is 27.1 Å². The molecular formula is C7H17NO6P2S. The third-order valence-electron chi connectivity index (χ3n) is 2.50. The van der Waals surface area contributed by atoms with Gasteiger partial charge in [0, 0.05) is 18.8 Å². The molecule has 7 nitrogen and oxygen atoms in total. The first-order valence-electron chi connectivity index (χ1n) is 5.19. The third-order valence-corrected chi connectivity index (χ3v) is 7.93. The van der Waals surface area contributed by atoms with Crippen LogP contribution < -0.4 is 0 Å². The lowest BCUT2D eigenvalue weighted by molar-refractivity contribution is 0.341. The molecule has 0 radical (unpaired) electrons. The Bertz CT molecular complexity index is 313. The van der Waals surface area contributed by atoms with Crippen molar-refractivity contribution < 1.29 is 28.7 Å². The average Bonchev–Trinajstić information content (AvgIpc) is 2.15. The van der Waals surface area contributed by atoms with E-state index in [2.05, 4.69) is 0 Å². The van der Waals surface area contributed by atoms with Crippen molar-refractivity contribution >= 4 is 27.1 Å². The van der Waals surface area contributed by atoms with E-state index < -0.39 is 20.6 Å². The molecule has 0 unspecified atom stereocenters. The summed E-state index contributed by atoms with van der Waals surface area (Å²) in [6, 6.07) is 0. The fourth-order valence-corrected chi connectivity index (χ4v) is 5.94. The highest BCUT2D eigenvalue weighted by Gasteiger charge is 2.43. The van der Waals surface area contributed by atoms with Crippen LogP contribution in [0.25, 0.3) is 0 Å². The van der Waals surface area contributed by atoms with Crippen molar-refractivity contribution in [3.05, 3.63) is 0 Å². The monoisotopic (exact) mass is 305 g/mol. The first kappa shape index (κ1) is 15.7. The van der Waals surface area contributed by atoms with E-state index >= 15 is 0 Å². The van der Waals surface area contributed by atoms with Gasteiger partial charge in [-0.2, -0.15) is 0 Å². The minimum atomic E-state index is -4.78. The maximum atomic E-state index is 11.0. The number of nitrogens with zero attached hydrogens (tertiary/aromatic N) is 1. The largest absolute Gasteiger partial charge is 0.341 e. The van der Waals surface area contributed by atoms with Crippen molar-refractivity contribution in [1.29, 1.82) is 0 Å². The zero-order valence-corrected chi connectivity index (χ0v) is 11.8. The predicted octanol–water partition coefficient (Wildman–Crippen LogP) is 0.802. The molecule has 1 aliphatic heterocycles. The van der Waals surface area contributed by atoms with Gasteiger partial charge in [0.15, 0.2) is 5.40 Å². The Morgan fingerprint density at radius 3 is 1.88 bits per heavy atom. The number of hydrogen-bond acceptors (Lipinski definition) is 4. The summed E-state index contributed by atoms with van der Waals surface area (Å²) < 4.78 is 23.9. The van der Waals surface area contributed by atoms with E-state index in [0.717, 1.165) is 44.3 Å². The average molecular weight is 305 g/mol. The molecule has 1 saturated heterocycles. The topological polar surface area (TPSA) is 118 Å². The SMILES string of the molecule is O=P(O)(O)C(CSN1CCCCC1)P(=O)(O)O. The molecule has 1 heterocycles. The van der Waals surface area contributed by atoms with Crippen LogP contribution in [0.4, 0.5) is 0 Å². The first-order chi connectivity index (χ1) is 7.71. The molecule has 1 aliphatic rings. The van der Waals surface area contributed by atoms with E-state index in [1.165, 1.54) is 0 Å². The van der Waals surface area contributed by atoms with Crippen LogP contribution in [0.15, 0.2) is 0 Å². The summed E-state index contributed by atoms with van der Waals surface area (Å²) >= 11 is 1.11. The molecule has 0 atom stereocenters. The van der Waals surface area contributed by atoms with Gasteiger partial charge in [-0.15, -0.1) is 0 Å². The van der Waals surface area contributed by atoms with Crippen LogP contribution in [-0.2, 0) is 9.13 Å². The molecule has 1 rings (SSSR count). The van der Waals surface area contributed by atoms with Gasteiger partial charge in [0.1, 0.15) is 0 Å². The summed E-state index contributed by atoms with van der Waals surface area (Å²) in [5.74, 6) is -0.255. The normalized spacial score (nSPS) is 19.8. The van der Waals surface area contributed by atoms with Gasteiger partial charge in [-0.1, -0.05) is 18.4 Å². The lowest BCUT2D eigenvalue weighted by Crippen LogP contribution is -2.25. The second kappa shape index (κ2) is 6.17. The highest BCUT2D eigenvalue weighted by Crippen LogP contribution is 2.60. The lowest BCUT2D eigenvalue weighted by atomic mass is 10.2. The van der Waals surface area contributed by atoms with Crippen LogP contribution in [0.5, 0.6) is 0 Å². The van der Waals surface area contributed by atoms with E-state index in [0.29, 0.717) is 0 Å². The van der Waals surface area contributed by atoms with Crippen molar-refractivity contribution in [2.75, 3.05) is 18.8 Å². The molecule has 0 bridgehead atoms. The molecule has 4 N–H and O–H groups in total. The maximum Gasteiger partial charge on any atom is 0.341 e. The fourth-order valence-electron chi connectivity index (χ4n) is 1.56. The first-order valence-corrected chi connectivity index (χ1v) is 9.50. The molecular weight excluding hydrogens is 288 g/mol. The van der Waals surface area contributed by atoms with Gasteiger partial charge in [-0.05, 0) is 12.8 Å². The van der Waals surface area contributed by atoms with E-state index in [1.807, 2.05) is 4.31 Å². The Morgan fingerprint density at radius 2 is 1.47 bits per heavy atom. The standard InChI is InChI=1S/C7H17NO6P2S/c9-15(10,11)7(16(12,13)14)6-17-8-4-2-1-3-5-8/h7H,1-6H2,(H2,9,10,11)(H2,12,13,14). The molecule has 10 heteroatoms. The predicted molar refractivity (Wildman–Crippen MR) is 65.8 cm³/mol. The van der Waals surface area contributed by atoms with Gasteiger partial charge in [-0.3, -0.25) is 13.4 Å². The van der Waals surface area contributed by atoms with Gasteiger partial charge < -0.3 is 19.6 Å². The third kappa shape index (κ3) is 5.41. The van der Waals surface area contributed by atoms with E-state index in [-0.39, 0.29) is 5.75 Å². The lowest BCUT2D eigenvalue weighted by Gasteiger charge is -2.27. The molecule has 0 aliphatic carbocycles. The van der Waals surface area contributed by atoms with Crippen LogP contribution in [-0.4, -0.2) is 48.1 Å². The number of piperidine rings is 1. The molecule has 102 valence electrons. The van der Waals surface area contributed by atoms with E-state index in [9.17, 15) is 9.13 Å². The van der Waals surface area contributed by atoms with Crippen molar-refractivity contribution in [3.8, 4) is 0 Å². The molecule has 0 spiro atoms. The van der Waals surface area contributed by atoms with Crippen molar-refractivity contribution in [1.82, 2.24) is 4.31 Å².